The Morgan fingerprint density at radius 3 is 1.55 bits per heavy atom. The van der Waals surface area contributed by atoms with Crippen LogP contribution in [0.2, 0.25) is 0 Å². The summed E-state index contributed by atoms with van der Waals surface area (Å²) in [6.45, 7) is 0. The molecule has 0 N–H and O–H groups in total. The quantitative estimate of drug-likeness (QED) is 0.142. The predicted molar refractivity (Wildman–Crippen MR) is 317 cm³/mol. The molecule has 0 bridgehead atoms. The topological polar surface area (TPSA) is 21.3 Å². The SMILES string of the molecule is c1cc(-c2ccc(N(c3ccc(-c4cccc(-n5c6ccccc6c6ccccc65)c4)cc3)c3cccc(-c4cccc5oc6c7ccccc7ccc6c45)c3)cc2)cc(-c2cc3ccccc3c3ccccc23)c1. The highest BCUT2D eigenvalue weighted by atomic mass is 16.3. The number of benzene rings is 13. The van der Waals surface area contributed by atoms with E-state index in [-0.39, 0.29) is 0 Å². The Bertz CT molecular complexity index is 4660. The summed E-state index contributed by atoms with van der Waals surface area (Å²) in [5.41, 5.74) is 17.8. The highest BCUT2D eigenvalue weighted by Gasteiger charge is 2.19. The van der Waals surface area contributed by atoms with Crippen molar-refractivity contribution >= 4 is 93.1 Å². The van der Waals surface area contributed by atoms with Gasteiger partial charge >= 0.3 is 0 Å². The van der Waals surface area contributed by atoms with E-state index in [0.29, 0.717) is 0 Å². The number of aromatic nitrogens is 1. The third-order valence-electron chi connectivity index (χ3n) is 15.3. The van der Waals surface area contributed by atoms with Crippen LogP contribution in [0.4, 0.5) is 17.1 Å². The van der Waals surface area contributed by atoms with Gasteiger partial charge in [-0.15, -0.1) is 0 Å². The van der Waals surface area contributed by atoms with Gasteiger partial charge in [0.1, 0.15) is 11.2 Å². The number of rotatable bonds is 8. The summed E-state index contributed by atoms with van der Waals surface area (Å²) in [6, 6.07) is 101. The van der Waals surface area contributed by atoms with E-state index in [1.807, 2.05) is 0 Å². The van der Waals surface area contributed by atoms with Crippen molar-refractivity contribution in [2.24, 2.45) is 0 Å². The zero-order valence-corrected chi connectivity index (χ0v) is 40.9. The van der Waals surface area contributed by atoms with E-state index in [4.69, 9.17) is 4.42 Å². The maximum Gasteiger partial charge on any atom is 0.143 e. The molecule has 2 heterocycles. The lowest BCUT2D eigenvalue weighted by Gasteiger charge is -2.26. The molecule has 15 aromatic rings. The fourth-order valence-electron chi connectivity index (χ4n) is 11.8. The van der Waals surface area contributed by atoms with E-state index in [0.717, 1.165) is 77.9 Å². The highest BCUT2D eigenvalue weighted by molar-refractivity contribution is 6.19. The van der Waals surface area contributed by atoms with E-state index in [9.17, 15) is 0 Å². The predicted octanol–water partition coefficient (Wildman–Crippen LogP) is 20.3. The van der Waals surface area contributed by atoms with Gasteiger partial charge in [0.2, 0.25) is 0 Å². The van der Waals surface area contributed by atoms with Crippen molar-refractivity contribution in [3.8, 4) is 50.2 Å². The van der Waals surface area contributed by atoms with Crippen molar-refractivity contribution < 1.29 is 4.42 Å². The molecule has 0 unspecified atom stereocenters. The summed E-state index contributed by atoms with van der Waals surface area (Å²) in [6.07, 6.45) is 0. The molecular formula is C72H46N2O. The van der Waals surface area contributed by atoms with Gasteiger partial charge in [-0.25, -0.2) is 0 Å². The molecule has 0 fully saturated rings. The van der Waals surface area contributed by atoms with Crippen molar-refractivity contribution in [2.45, 2.75) is 0 Å². The van der Waals surface area contributed by atoms with E-state index < -0.39 is 0 Å². The Labute approximate surface area is 434 Å². The molecule has 0 amide bonds. The second-order valence-corrected chi connectivity index (χ2v) is 19.6. The molecule has 0 spiro atoms. The Morgan fingerprint density at radius 2 is 0.827 bits per heavy atom. The molecule has 0 aliphatic rings. The van der Waals surface area contributed by atoms with Crippen molar-refractivity contribution in [2.75, 3.05) is 4.90 Å². The minimum atomic E-state index is 0.882. The number of hydrogen-bond donors (Lipinski definition) is 0. The second-order valence-electron chi connectivity index (χ2n) is 19.6. The number of para-hydroxylation sites is 2. The summed E-state index contributed by atoms with van der Waals surface area (Å²) in [4.78, 5) is 2.38. The number of fused-ring (bicyclic) bond motifs is 11. The molecular weight excluding hydrogens is 909 g/mol. The molecule has 2 aromatic heterocycles. The number of hydrogen-bond acceptors (Lipinski definition) is 2. The average molecular weight is 955 g/mol. The number of furan rings is 1. The fraction of sp³-hybridized carbons (Fsp3) is 0. The summed E-state index contributed by atoms with van der Waals surface area (Å²) in [5.74, 6) is 0. The Kier molecular flexibility index (Phi) is 9.89. The molecule has 15 rings (SSSR count). The van der Waals surface area contributed by atoms with Crippen LogP contribution in [0.5, 0.6) is 0 Å². The minimum absolute atomic E-state index is 0.882. The zero-order valence-electron chi connectivity index (χ0n) is 40.9. The summed E-state index contributed by atoms with van der Waals surface area (Å²) in [7, 11) is 0. The van der Waals surface area contributed by atoms with Crippen LogP contribution in [0.1, 0.15) is 0 Å². The lowest BCUT2D eigenvalue weighted by molar-refractivity contribution is 0.673. The van der Waals surface area contributed by atoms with Crippen LogP contribution in [0.3, 0.4) is 0 Å². The first-order valence-corrected chi connectivity index (χ1v) is 25.7. The maximum atomic E-state index is 6.66. The molecule has 3 nitrogen and oxygen atoms in total. The molecule has 0 radical (unpaired) electrons. The van der Waals surface area contributed by atoms with Crippen LogP contribution in [0, 0.1) is 0 Å². The van der Waals surface area contributed by atoms with Gasteiger partial charge in [-0.2, -0.15) is 0 Å². The molecule has 0 atom stereocenters. The lowest BCUT2D eigenvalue weighted by Crippen LogP contribution is -2.10. The van der Waals surface area contributed by atoms with Gasteiger partial charge in [-0.05, 0) is 156 Å². The molecule has 0 aliphatic heterocycles. The van der Waals surface area contributed by atoms with Crippen LogP contribution in [-0.2, 0) is 0 Å². The first kappa shape index (κ1) is 42.7. The molecule has 350 valence electrons. The molecule has 3 heteroatoms. The molecule has 0 saturated carbocycles. The monoisotopic (exact) mass is 954 g/mol. The number of anilines is 3. The van der Waals surface area contributed by atoms with Crippen LogP contribution in [-0.4, -0.2) is 4.57 Å². The highest BCUT2D eigenvalue weighted by Crippen LogP contribution is 2.44. The molecule has 75 heavy (non-hydrogen) atoms. The molecule has 13 aromatic carbocycles. The van der Waals surface area contributed by atoms with Crippen LogP contribution in [0.25, 0.3) is 126 Å². The van der Waals surface area contributed by atoms with E-state index in [2.05, 4.69) is 289 Å². The van der Waals surface area contributed by atoms with Crippen molar-refractivity contribution in [1.82, 2.24) is 4.57 Å². The Hall–Kier alpha value is -9.96. The second kappa shape index (κ2) is 17.4. The van der Waals surface area contributed by atoms with Gasteiger partial charge in [0, 0.05) is 49.7 Å². The van der Waals surface area contributed by atoms with Crippen LogP contribution < -0.4 is 4.90 Å². The Morgan fingerprint density at radius 1 is 0.280 bits per heavy atom. The van der Waals surface area contributed by atoms with E-state index in [1.54, 1.807) is 0 Å². The van der Waals surface area contributed by atoms with Gasteiger partial charge in [0.25, 0.3) is 0 Å². The van der Waals surface area contributed by atoms with Gasteiger partial charge < -0.3 is 13.9 Å². The molecule has 0 saturated heterocycles. The summed E-state index contributed by atoms with van der Waals surface area (Å²) >= 11 is 0. The smallest absolute Gasteiger partial charge is 0.143 e. The van der Waals surface area contributed by atoms with E-state index in [1.165, 1.54) is 65.4 Å². The standard InChI is InChI=1S/C72H46N2O/c1-4-24-61-49(15-1)37-42-66-71-60(29-14-32-70(71)75-72(61)66)53-20-13-21-57(45-53)73(56-40-35-48(36-41-56)51-18-12-22-58(44-51)74-68-30-9-7-27-64(68)65-28-8-10-31-69(65)74)55-38-33-47(34-39-55)50-17-11-19-52(43-50)67-46-54-16-2-3-23-59(54)62-25-5-6-26-63(62)67/h1-46H. The number of nitrogens with zero attached hydrogens (tertiary/aromatic N) is 2. The first-order chi connectivity index (χ1) is 37.2. The van der Waals surface area contributed by atoms with E-state index >= 15 is 0 Å². The van der Waals surface area contributed by atoms with Crippen molar-refractivity contribution in [3.05, 3.63) is 279 Å². The van der Waals surface area contributed by atoms with Gasteiger partial charge in [-0.3, -0.25) is 0 Å². The van der Waals surface area contributed by atoms with Crippen LogP contribution >= 0.6 is 0 Å². The maximum absolute atomic E-state index is 6.66. The minimum Gasteiger partial charge on any atom is -0.455 e. The fourth-order valence-corrected chi connectivity index (χ4v) is 11.8. The first-order valence-electron chi connectivity index (χ1n) is 25.7. The van der Waals surface area contributed by atoms with Crippen molar-refractivity contribution in [1.29, 1.82) is 0 Å². The Balaban J connectivity index is 0.834. The third kappa shape index (κ3) is 7.12. The third-order valence-corrected chi connectivity index (χ3v) is 15.3. The van der Waals surface area contributed by atoms with Crippen LogP contribution in [0.15, 0.2) is 283 Å². The average Bonchev–Trinajstić information content (AvgIpc) is 4.09. The normalized spacial score (nSPS) is 11.7. The lowest BCUT2D eigenvalue weighted by atomic mass is 9.92. The molecule has 0 aliphatic carbocycles. The summed E-state index contributed by atoms with van der Waals surface area (Å²) < 4.78 is 9.05. The summed E-state index contributed by atoms with van der Waals surface area (Å²) in [5, 5.41) is 12.1. The van der Waals surface area contributed by atoms with Gasteiger partial charge in [-0.1, -0.05) is 194 Å². The zero-order chi connectivity index (χ0) is 49.4. The van der Waals surface area contributed by atoms with Gasteiger partial charge in [0.05, 0.1) is 11.0 Å². The largest absolute Gasteiger partial charge is 0.455 e. The van der Waals surface area contributed by atoms with Gasteiger partial charge in [0.15, 0.2) is 0 Å². The van der Waals surface area contributed by atoms with Crippen molar-refractivity contribution in [3.63, 3.8) is 0 Å².